The molecule has 1 nitrogen and oxygen atoms in total. The Morgan fingerprint density at radius 3 is 2.07 bits per heavy atom. The number of hydrogen-bond acceptors (Lipinski definition) is 1. The van der Waals surface area contributed by atoms with Crippen LogP contribution in [0.5, 0.6) is 0 Å². The number of halogens is 1. The second-order valence-electron chi connectivity index (χ2n) is 3.68. The Kier molecular flexibility index (Phi) is 3.29. The lowest BCUT2D eigenvalue weighted by Crippen LogP contribution is -2.37. The van der Waals surface area contributed by atoms with Crippen molar-refractivity contribution >= 4 is 18.7 Å². The topological polar surface area (TPSA) is 9.23 Å². The molecular weight excluding hydrogens is 224 g/mol. The summed E-state index contributed by atoms with van der Waals surface area (Å²) in [6.07, 6.45) is 14.6. The monoisotopic (exact) mass is 238 g/mol. The van der Waals surface area contributed by atoms with Gasteiger partial charge in [-0.25, -0.2) is 0 Å². The molecule has 0 N–H and O–H groups in total. The molecule has 0 spiro atoms. The van der Waals surface area contributed by atoms with Crippen LogP contribution in [0.1, 0.15) is 19.8 Å². The zero-order chi connectivity index (χ0) is 10.7. The number of allylic oxidation sites excluding steroid dienone is 8. The van der Waals surface area contributed by atoms with Gasteiger partial charge >= 0.3 is 7.63 Å². The lowest BCUT2D eigenvalue weighted by atomic mass is 10.5. The van der Waals surface area contributed by atoms with Gasteiger partial charge in [0.1, 0.15) is 0 Å². The molecule has 0 fully saturated rings. The van der Waals surface area contributed by atoms with Gasteiger partial charge in [0.05, 0.1) is 0 Å². The molecule has 0 aromatic carbocycles. The highest BCUT2D eigenvalue weighted by atomic mass is 35.6. The molecule has 15 heavy (non-hydrogen) atoms. The van der Waals surface area contributed by atoms with E-state index in [4.69, 9.17) is 15.5 Å². The van der Waals surface area contributed by atoms with E-state index < -0.39 is 7.63 Å². The molecule has 0 heterocycles. The summed E-state index contributed by atoms with van der Waals surface area (Å²) in [6.45, 7) is 2.69. The van der Waals surface area contributed by atoms with Crippen LogP contribution in [-0.4, -0.2) is 14.2 Å². The molecule has 0 radical (unpaired) electrons. The summed E-state index contributed by atoms with van der Waals surface area (Å²) < 4.78 is 5.89. The Morgan fingerprint density at radius 1 is 1.20 bits per heavy atom. The molecule has 0 bridgehead atoms. The van der Waals surface area contributed by atoms with Crippen molar-refractivity contribution in [3.63, 3.8) is 0 Å². The predicted molar refractivity (Wildman–Crippen MR) is 66.9 cm³/mol. The minimum Gasteiger partial charge on any atom is -0.397 e. The van der Waals surface area contributed by atoms with Crippen LogP contribution in [0.25, 0.3) is 0 Å². The molecule has 0 aromatic heterocycles. The third kappa shape index (κ3) is 2.02. The van der Waals surface area contributed by atoms with Crippen LogP contribution in [0.4, 0.5) is 0 Å². The average Bonchev–Trinajstić information content (AvgIpc) is 2.92. The van der Waals surface area contributed by atoms with Crippen molar-refractivity contribution in [1.29, 1.82) is 0 Å². The Morgan fingerprint density at radius 2 is 1.73 bits per heavy atom. The summed E-state index contributed by atoms with van der Waals surface area (Å²) in [5.74, 6) is 0. The van der Waals surface area contributed by atoms with Crippen molar-refractivity contribution < 1.29 is 4.43 Å². The summed E-state index contributed by atoms with van der Waals surface area (Å²) in [7, 11) is -2.31. The van der Waals surface area contributed by atoms with Crippen LogP contribution in [0, 0.1) is 0 Å². The van der Waals surface area contributed by atoms with Gasteiger partial charge in [-0.3, -0.25) is 0 Å². The van der Waals surface area contributed by atoms with E-state index in [-0.39, 0.29) is 0 Å². The van der Waals surface area contributed by atoms with E-state index in [1.54, 1.807) is 0 Å². The van der Waals surface area contributed by atoms with E-state index in [9.17, 15) is 0 Å². The molecular formula is C12H15ClOSi. The first-order chi connectivity index (χ1) is 7.27. The van der Waals surface area contributed by atoms with Crippen molar-refractivity contribution in [3.8, 4) is 0 Å². The van der Waals surface area contributed by atoms with Crippen LogP contribution in [0.15, 0.2) is 46.8 Å². The first kappa shape index (κ1) is 10.9. The van der Waals surface area contributed by atoms with Crippen molar-refractivity contribution in [1.82, 2.24) is 0 Å². The van der Waals surface area contributed by atoms with Crippen molar-refractivity contribution in [2.24, 2.45) is 0 Å². The van der Waals surface area contributed by atoms with Crippen LogP contribution in [0.3, 0.4) is 0 Å². The van der Waals surface area contributed by atoms with E-state index in [2.05, 4.69) is 36.5 Å². The van der Waals surface area contributed by atoms with E-state index >= 15 is 0 Å². The lowest BCUT2D eigenvalue weighted by Gasteiger charge is -2.26. The lowest BCUT2D eigenvalue weighted by molar-refractivity contribution is 0.345. The molecule has 2 rings (SSSR count). The Balaban J connectivity index is 2.23. The maximum Gasteiger partial charge on any atom is 0.347 e. The minimum atomic E-state index is -2.31. The van der Waals surface area contributed by atoms with Crippen LogP contribution in [-0.2, 0) is 4.43 Å². The molecule has 0 aliphatic heterocycles. The fourth-order valence-electron chi connectivity index (χ4n) is 1.96. The van der Waals surface area contributed by atoms with Gasteiger partial charge < -0.3 is 4.43 Å². The number of rotatable bonds is 4. The van der Waals surface area contributed by atoms with Crippen molar-refractivity contribution in [3.05, 3.63) is 46.8 Å². The zero-order valence-electron chi connectivity index (χ0n) is 8.87. The highest BCUT2D eigenvalue weighted by molar-refractivity contribution is 7.24. The van der Waals surface area contributed by atoms with Crippen LogP contribution in [0.2, 0.25) is 0 Å². The van der Waals surface area contributed by atoms with E-state index in [1.807, 2.05) is 6.92 Å². The highest BCUT2D eigenvalue weighted by Crippen LogP contribution is 2.36. The van der Waals surface area contributed by atoms with Crippen LogP contribution >= 0.6 is 11.1 Å². The SMILES string of the molecule is CCO[Si](Cl)(C1=CC=CC1)C1=CC=CC1. The molecule has 0 unspecified atom stereocenters. The third-order valence-corrected chi connectivity index (χ3v) is 7.58. The third-order valence-electron chi connectivity index (χ3n) is 2.71. The maximum absolute atomic E-state index is 6.75. The van der Waals surface area contributed by atoms with Crippen LogP contribution < -0.4 is 0 Å². The molecule has 0 atom stereocenters. The largest absolute Gasteiger partial charge is 0.397 e. The maximum atomic E-state index is 6.75. The van der Waals surface area contributed by atoms with E-state index in [1.165, 1.54) is 10.4 Å². The quantitative estimate of drug-likeness (QED) is 0.538. The van der Waals surface area contributed by atoms with Gasteiger partial charge in [0, 0.05) is 6.61 Å². The smallest absolute Gasteiger partial charge is 0.347 e. The number of hydrogen-bond donors (Lipinski definition) is 0. The molecule has 0 saturated heterocycles. The van der Waals surface area contributed by atoms with Crippen molar-refractivity contribution in [2.45, 2.75) is 19.8 Å². The van der Waals surface area contributed by atoms with E-state index in [0.29, 0.717) is 6.61 Å². The van der Waals surface area contributed by atoms with Gasteiger partial charge in [0.2, 0.25) is 0 Å². The molecule has 0 aromatic rings. The minimum absolute atomic E-state index is 0.685. The first-order valence-corrected chi connectivity index (χ1v) is 8.24. The Hall–Kier alpha value is -0.573. The fourth-order valence-corrected chi connectivity index (χ4v) is 5.69. The molecule has 0 amide bonds. The molecule has 2 aliphatic carbocycles. The first-order valence-electron chi connectivity index (χ1n) is 5.32. The Labute approximate surface area is 96.6 Å². The van der Waals surface area contributed by atoms with E-state index in [0.717, 1.165) is 12.8 Å². The van der Waals surface area contributed by atoms with Gasteiger partial charge in [0.25, 0.3) is 0 Å². The van der Waals surface area contributed by atoms with Gasteiger partial charge in [-0.15, -0.1) is 11.1 Å². The van der Waals surface area contributed by atoms with Gasteiger partial charge in [-0.1, -0.05) is 36.5 Å². The molecule has 80 valence electrons. The Bertz CT molecular complexity index is 336. The highest BCUT2D eigenvalue weighted by Gasteiger charge is 2.41. The van der Waals surface area contributed by atoms with Gasteiger partial charge in [-0.05, 0) is 30.2 Å². The summed E-state index contributed by atoms with van der Waals surface area (Å²) in [5.41, 5.74) is 0. The second kappa shape index (κ2) is 4.52. The second-order valence-corrected chi connectivity index (χ2v) is 8.04. The van der Waals surface area contributed by atoms with Crippen molar-refractivity contribution in [2.75, 3.05) is 6.61 Å². The standard InChI is InChI=1S/C12H15ClOSi/c1-2-14-15(13,11-7-3-4-8-11)12-9-5-6-10-12/h3-7,9H,2,8,10H2,1H3. The van der Waals surface area contributed by atoms with Gasteiger partial charge in [0.15, 0.2) is 0 Å². The fraction of sp³-hybridized carbons (Fsp3) is 0.333. The zero-order valence-corrected chi connectivity index (χ0v) is 10.6. The molecule has 3 heteroatoms. The van der Waals surface area contributed by atoms with Gasteiger partial charge in [-0.2, -0.15) is 0 Å². The normalized spacial score (nSPS) is 19.6. The summed E-state index contributed by atoms with van der Waals surface area (Å²) >= 11 is 6.75. The summed E-state index contributed by atoms with van der Waals surface area (Å²) in [5, 5.41) is 2.56. The summed E-state index contributed by atoms with van der Waals surface area (Å²) in [4.78, 5) is 0. The predicted octanol–water partition coefficient (Wildman–Crippen LogP) is 3.55. The molecule has 0 saturated carbocycles. The average molecular weight is 239 g/mol. The molecule has 2 aliphatic rings. The summed E-state index contributed by atoms with van der Waals surface area (Å²) in [6, 6.07) is 0.